The minimum absolute atomic E-state index is 0. The Morgan fingerprint density at radius 1 is 1.20 bits per heavy atom. The van der Waals surface area contributed by atoms with Crippen molar-refractivity contribution in [1.29, 1.82) is 10.5 Å². The van der Waals surface area contributed by atoms with Crippen molar-refractivity contribution in [2.45, 2.75) is 5.92 Å². The molecule has 0 unspecified atom stereocenters. The maximum atomic E-state index is 10.3. The first-order chi connectivity index (χ1) is 6.69. The molecule has 1 aromatic carbocycles. The summed E-state index contributed by atoms with van der Waals surface area (Å²) in [6.45, 7) is 0. The topological polar surface area (TPSA) is 90.7 Å². The van der Waals surface area contributed by atoms with Gasteiger partial charge in [-0.15, -0.1) is 0 Å². The van der Waals surface area contributed by atoms with Crippen LogP contribution in [0.1, 0.15) is 11.5 Å². The van der Waals surface area contributed by atoms with Gasteiger partial charge in [-0.2, -0.15) is 10.5 Å². The summed E-state index contributed by atoms with van der Waals surface area (Å²) >= 11 is 0. The first-order valence-corrected chi connectivity index (χ1v) is 3.72. The molecule has 0 aliphatic rings. The van der Waals surface area contributed by atoms with E-state index in [1.807, 2.05) is 0 Å². The van der Waals surface area contributed by atoms with Crippen LogP contribution in [0.15, 0.2) is 24.3 Å². The molecule has 0 aliphatic heterocycles. The van der Waals surface area contributed by atoms with Crippen LogP contribution in [0.5, 0.6) is 0 Å². The number of hydrogen-bond donors (Lipinski definition) is 0. The average molecular weight is 211 g/mol. The molecule has 0 bridgehead atoms. The van der Waals surface area contributed by atoms with E-state index in [4.69, 9.17) is 10.5 Å². The molecule has 70 valence electrons. The molecule has 0 aliphatic carbocycles. The molecule has 0 saturated carbocycles. The third-order valence-corrected chi connectivity index (χ3v) is 1.70. The molecular weight excluding hydrogens is 205 g/mol. The van der Waals surface area contributed by atoms with Crippen molar-refractivity contribution in [2.75, 3.05) is 0 Å². The van der Waals surface area contributed by atoms with E-state index in [1.165, 1.54) is 24.3 Å². The summed E-state index contributed by atoms with van der Waals surface area (Å²) in [4.78, 5) is 9.77. The van der Waals surface area contributed by atoms with Gasteiger partial charge in [-0.05, 0) is 17.7 Å². The van der Waals surface area contributed by atoms with Gasteiger partial charge in [0.25, 0.3) is 5.69 Å². The average Bonchev–Trinajstić information content (AvgIpc) is 2.20. The number of nitrogens with zero attached hydrogens (tertiary/aromatic N) is 3. The summed E-state index contributed by atoms with van der Waals surface area (Å²) in [5.74, 6) is -0.865. The zero-order valence-electron chi connectivity index (χ0n) is 7.04. The molecule has 0 radical (unpaired) electrons. The first kappa shape index (κ1) is 13.6. The molecule has 6 heteroatoms. The number of rotatable bonds is 2. The Hall–Kier alpha value is -1.40. The normalized spacial score (nSPS) is 8.47. The summed E-state index contributed by atoms with van der Waals surface area (Å²) in [6, 6.07) is 8.94. The van der Waals surface area contributed by atoms with Crippen molar-refractivity contribution in [3.63, 3.8) is 0 Å². The molecule has 15 heavy (non-hydrogen) atoms. The van der Waals surface area contributed by atoms with Crippen LogP contribution >= 0.6 is 0 Å². The summed E-state index contributed by atoms with van der Waals surface area (Å²) < 4.78 is 0. The van der Waals surface area contributed by atoms with Crippen LogP contribution in [-0.4, -0.2) is 34.5 Å². The number of hydrogen-bond acceptors (Lipinski definition) is 4. The van der Waals surface area contributed by atoms with Gasteiger partial charge in [0.1, 0.15) is 0 Å². The van der Waals surface area contributed by atoms with Crippen LogP contribution in [0.4, 0.5) is 5.69 Å². The third-order valence-electron chi connectivity index (χ3n) is 1.70. The van der Waals surface area contributed by atoms with Crippen LogP contribution in [0, 0.1) is 32.8 Å². The van der Waals surface area contributed by atoms with Gasteiger partial charge in [-0.3, -0.25) is 10.1 Å². The predicted molar refractivity (Wildman–Crippen MR) is 54.2 cm³/mol. The summed E-state index contributed by atoms with van der Waals surface area (Å²) in [5.41, 5.74) is 0.420. The van der Waals surface area contributed by atoms with Gasteiger partial charge >= 0.3 is 29.6 Å². The molecule has 0 fully saturated rings. The summed E-state index contributed by atoms with van der Waals surface area (Å²) in [6.07, 6.45) is 0. The second kappa shape index (κ2) is 6.15. The van der Waals surface area contributed by atoms with Gasteiger partial charge in [0.15, 0.2) is 5.92 Å². The van der Waals surface area contributed by atoms with Crippen LogP contribution in [0.3, 0.4) is 0 Å². The van der Waals surface area contributed by atoms with E-state index in [9.17, 15) is 10.1 Å². The zero-order valence-corrected chi connectivity index (χ0v) is 7.04. The Morgan fingerprint density at radius 3 is 2.00 bits per heavy atom. The first-order valence-electron chi connectivity index (χ1n) is 3.72. The minimum atomic E-state index is -0.865. The Bertz CT molecular complexity index is 416. The van der Waals surface area contributed by atoms with Crippen LogP contribution in [-0.2, 0) is 0 Å². The van der Waals surface area contributed by atoms with E-state index in [0.29, 0.717) is 5.56 Å². The number of non-ortho nitro benzene ring substituents is 1. The van der Waals surface area contributed by atoms with Crippen molar-refractivity contribution < 1.29 is 4.92 Å². The second-order valence-corrected chi connectivity index (χ2v) is 2.54. The summed E-state index contributed by atoms with van der Waals surface area (Å²) in [7, 11) is 0. The Labute approximate surface area is 108 Å². The van der Waals surface area contributed by atoms with Gasteiger partial charge < -0.3 is 0 Å². The van der Waals surface area contributed by atoms with Gasteiger partial charge in [0, 0.05) is 12.1 Å². The van der Waals surface area contributed by atoms with Crippen LogP contribution in [0.2, 0.25) is 0 Å². The standard InChI is InChI=1S/C9H5N3O2.Na.H/c10-5-8(6-11)7-1-3-9(4-2-7)12(13)14;;/h1-4,8H;;. The Kier molecular flexibility index (Phi) is 5.58. The van der Waals surface area contributed by atoms with Crippen molar-refractivity contribution in [3.05, 3.63) is 39.9 Å². The predicted octanol–water partition coefficient (Wildman–Crippen LogP) is 1.08. The molecule has 1 rings (SSSR count). The SMILES string of the molecule is N#CC(C#N)c1ccc([N+](=O)[O-])cc1.[NaH]. The van der Waals surface area contributed by atoms with Crippen LogP contribution in [0.25, 0.3) is 0 Å². The van der Waals surface area contributed by atoms with E-state index >= 15 is 0 Å². The fraction of sp³-hybridized carbons (Fsp3) is 0.111. The van der Waals surface area contributed by atoms with Gasteiger partial charge in [-0.1, -0.05) is 0 Å². The van der Waals surface area contributed by atoms with Gasteiger partial charge in [0.2, 0.25) is 0 Å². The molecule has 1 aromatic rings. The molecular formula is C9H6N3NaO2. The van der Waals surface area contributed by atoms with Crippen molar-refractivity contribution in [1.82, 2.24) is 0 Å². The van der Waals surface area contributed by atoms with E-state index < -0.39 is 10.8 Å². The fourth-order valence-electron chi connectivity index (χ4n) is 0.966. The number of nitro groups is 1. The van der Waals surface area contributed by atoms with Gasteiger partial charge in [0.05, 0.1) is 17.1 Å². The zero-order chi connectivity index (χ0) is 10.6. The van der Waals surface area contributed by atoms with E-state index in [-0.39, 0.29) is 35.2 Å². The summed E-state index contributed by atoms with van der Waals surface area (Å²) in [5, 5.41) is 27.4. The Balaban J connectivity index is 0.00000196. The van der Waals surface area contributed by atoms with E-state index in [1.54, 1.807) is 12.1 Å². The van der Waals surface area contributed by atoms with Gasteiger partial charge in [-0.25, -0.2) is 0 Å². The molecule has 0 spiro atoms. The molecule has 0 amide bonds. The molecule has 0 N–H and O–H groups in total. The molecule has 0 atom stereocenters. The third kappa shape index (κ3) is 3.34. The maximum absolute atomic E-state index is 10.3. The monoisotopic (exact) mass is 211 g/mol. The molecule has 5 nitrogen and oxygen atoms in total. The quantitative estimate of drug-likeness (QED) is 0.415. The molecule has 0 saturated heterocycles. The Morgan fingerprint density at radius 2 is 1.67 bits per heavy atom. The number of benzene rings is 1. The van der Waals surface area contributed by atoms with E-state index in [2.05, 4.69) is 0 Å². The van der Waals surface area contributed by atoms with Crippen molar-refractivity contribution in [3.8, 4) is 12.1 Å². The molecule has 0 aromatic heterocycles. The van der Waals surface area contributed by atoms with Crippen molar-refractivity contribution in [2.24, 2.45) is 0 Å². The number of nitriles is 2. The van der Waals surface area contributed by atoms with Crippen molar-refractivity contribution >= 4 is 35.2 Å². The fourth-order valence-corrected chi connectivity index (χ4v) is 0.966. The molecule has 0 heterocycles. The second-order valence-electron chi connectivity index (χ2n) is 2.54. The van der Waals surface area contributed by atoms with Crippen LogP contribution < -0.4 is 0 Å². The number of nitro benzene ring substituents is 1. The van der Waals surface area contributed by atoms with E-state index in [0.717, 1.165) is 0 Å².